The van der Waals surface area contributed by atoms with Gasteiger partial charge < -0.3 is 10.2 Å². The summed E-state index contributed by atoms with van der Waals surface area (Å²) in [6.07, 6.45) is 0.630. The van der Waals surface area contributed by atoms with E-state index in [9.17, 15) is 18.0 Å². The van der Waals surface area contributed by atoms with E-state index < -0.39 is 10.0 Å². The molecule has 2 amide bonds. The van der Waals surface area contributed by atoms with Gasteiger partial charge in [0.25, 0.3) is 0 Å². The molecule has 1 unspecified atom stereocenters. The van der Waals surface area contributed by atoms with Crippen molar-refractivity contribution in [2.75, 3.05) is 29.9 Å². The number of carbonyl (C=O) groups is 2. The van der Waals surface area contributed by atoms with Crippen molar-refractivity contribution >= 4 is 45.0 Å². The minimum absolute atomic E-state index is 0.0148. The van der Waals surface area contributed by atoms with Crippen molar-refractivity contribution in [3.8, 4) is 0 Å². The molecule has 0 spiro atoms. The highest BCUT2D eigenvalue weighted by Gasteiger charge is 2.30. The van der Waals surface area contributed by atoms with Crippen molar-refractivity contribution in [1.29, 1.82) is 0 Å². The van der Waals surface area contributed by atoms with E-state index >= 15 is 0 Å². The van der Waals surface area contributed by atoms with Gasteiger partial charge in [0.05, 0.1) is 10.1 Å². The zero-order valence-electron chi connectivity index (χ0n) is 18.8. The number of amides is 2. The number of hydrogen-bond donors (Lipinski definition) is 1. The van der Waals surface area contributed by atoms with Crippen molar-refractivity contribution < 1.29 is 18.0 Å². The molecule has 0 fully saturated rings. The van der Waals surface area contributed by atoms with Gasteiger partial charge in [0.15, 0.2) is 0 Å². The van der Waals surface area contributed by atoms with Crippen molar-refractivity contribution in [3.05, 3.63) is 48.0 Å². The van der Waals surface area contributed by atoms with E-state index in [1.807, 2.05) is 45.0 Å². The van der Waals surface area contributed by atoms with Crippen LogP contribution >= 0.6 is 11.8 Å². The molecule has 0 saturated carbocycles. The minimum atomic E-state index is -3.53. The van der Waals surface area contributed by atoms with Crippen molar-refractivity contribution in [2.45, 2.75) is 49.2 Å². The average molecular weight is 476 g/mol. The highest BCUT2D eigenvalue weighted by molar-refractivity contribution is 8.00. The fourth-order valence-corrected chi connectivity index (χ4v) is 6.21. The van der Waals surface area contributed by atoms with Crippen LogP contribution in [-0.4, -0.2) is 49.4 Å². The number of sulfonamides is 1. The normalized spacial score (nSPS) is 14.3. The van der Waals surface area contributed by atoms with E-state index in [-0.39, 0.29) is 22.0 Å². The molecule has 1 aliphatic rings. The standard InChI is InChI=1S/C23H29N3O4S2/c1-5-25(6-2)32(29,30)21-11-12-22-18(15-21)13-14-26(22)23(28)16(3)31-20-9-7-19(8-10-20)24-17(4)27/h7-12,15-16H,5-6,13-14H2,1-4H3,(H,24,27). The molecule has 7 nitrogen and oxygen atoms in total. The Bertz CT molecular complexity index is 1100. The Morgan fingerprint density at radius 2 is 1.78 bits per heavy atom. The number of carbonyl (C=O) groups excluding carboxylic acids is 2. The second kappa shape index (κ2) is 10.1. The maximum absolute atomic E-state index is 13.1. The molecule has 1 aliphatic heterocycles. The van der Waals surface area contributed by atoms with Crippen molar-refractivity contribution in [3.63, 3.8) is 0 Å². The number of nitrogens with zero attached hydrogens (tertiary/aromatic N) is 2. The lowest BCUT2D eigenvalue weighted by Gasteiger charge is -2.22. The van der Waals surface area contributed by atoms with E-state index in [0.717, 1.165) is 16.1 Å². The zero-order chi connectivity index (χ0) is 23.5. The second-order valence-corrected chi connectivity index (χ2v) is 10.9. The number of thioether (sulfide) groups is 1. The summed E-state index contributed by atoms with van der Waals surface area (Å²) in [5, 5.41) is 2.41. The molecule has 32 heavy (non-hydrogen) atoms. The number of anilines is 2. The van der Waals surface area contributed by atoms with Crippen molar-refractivity contribution in [2.24, 2.45) is 0 Å². The topological polar surface area (TPSA) is 86.8 Å². The van der Waals surface area contributed by atoms with Gasteiger partial charge in [0, 0.05) is 42.8 Å². The maximum Gasteiger partial charge on any atom is 0.243 e. The molecule has 3 rings (SSSR count). The van der Waals surface area contributed by atoms with Crippen LogP contribution in [0.4, 0.5) is 11.4 Å². The van der Waals surface area contributed by atoms with E-state index in [2.05, 4.69) is 5.32 Å². The SMILES string of the molecule is CCN(CC)S(=O)(=O)c1ccc2c(c1)CCN2C(=O)C(C)Sc1ccc(NC(C)=O)cc1. The first-order valence-electron chi connectivity index (χ1n) is 10.7. The first-order chi connectivity index (χ1) is 15.2. The fraction of sp³-hybridized carbons (Fsp3) is 0.391. The lowest BCUT2D eigenvalue weighted by atomic mass is 10.2. The van der Waals surface area contributed by atoms with Gasteiger partial charge >= 0.3 is 0 Å². The van der Waals surface area contributed by atoms with Crippen LogP contribution in [0, 0.1) is 0 Å². The van der Waals surface area contributed by atoms with Crippen LogP contribution < -0.4 is 10.2 Å². The molecule has 0 radical (unpaired) electrons. The average Bonchev–Trinajstić information content (AvgIpc) is 3.18. The van der Waals surface area contributed by atoms with Gasteiger partial charge in [-0.15, -0.1) is 11.8 Å². The van der Waals surface area contributed by atoms with Crippen molar-refractivity contribution in [1.82, 2.24) is 4.31 Å². The van der Waals surface area contributed by atoms with Gasteiger partial charge in [-0.05, 0) is 61.4 Å². The maximum atomic E-state index is 13.1. The van der Waals surface area contributed by atoms with Gasteiger partial charge in [-0.3, -0.25) is 9.59 Å². The molecular weight excluding hydrogens is 446 g/mol. The summed E-state index contributed by atoms with van der Waals surface area (Å²) >= 11 is 1.45. The Kier molecular flexibility index (Phi) is 7.63. The van der Waals surface area contributed by atoms with Crippen LogP contribution in [-0.2, 0) is 26.0 Å². The molecule has 0 bridgehead atoms. The molecule has 1 N–H and O–H groups in total. The largest absolute Gasteiger partial charge is 0.326 e. The molecule has 1 heterocycles. The predicted molar refractivity (Wildman–Crippen MR) is 129 cm³/mol. The lowest BCUT2D eigenvalue weighted by Crippen LogP contribution is -2.35. The third-order valence-corrected chi connectivity index (χ3v) is 8.54. The monoisotopic (exact) mass is 475 g/mol. The van der Waals surface area contributed by atoms with E-state index in [1.165, 1.54) is 23.0 Å². The molecule has 2 aromatic carbocycles. The Hall–Kier alpha value is -2.36. The minimum Gasteiger partial charge on any atom is -0.326 e. The molecule has 0 aromatic heterocycles. The van der Waals surface area contributed by atoms with Gasteiger partial charge in [0.1, 0.15) is 0 Å². The van der Waals surface area contributed by atoms with Crippen LogP contribution in [0.15, 0.2) is 52.3 Å². The summed E-state index contributed by atoms with van der Waals surface area (Å²) in [5.41, 5.74) is 2.37. The highest BCUT2D eigenvalue weighted by Crippen LogP contribution is 2.34. The zero-order valence-corrected chi connectivity index (χ0v) is 20.4. The summed E-state index contributed by atoms with van der Waals surface area (Å²) < 4.78 is 27.1. The Labute approximate surface area is 194 Å². The fourth-order valence-electron chi connectivity index (χ4n) is 3.77. The number of benzene rings is 2. The van der Waals surface area contributed by atoms with E-state index in [4.69, 9.17) is 0 Å². The third-order valence-electron chi connectivity index (χ3n) is 5.39. The molecule has 9 heteroatoms. The van der Waals surface area contributed by atoms with Gasteiger partial charge in [-0.1, -0.05) is 13.8 Å². The molecular formula is C23H29N3O4S2. The van der Waals surface area contributed by atoms with Gasteiger partial charge in [-0.2, -0.15) is 4.31 Å². The number of rotatable bonds is 8. The third kappa shape index (κ3) is 5.16. The number of hydrogen-bond acceptors (Lipinski definition) is 5. The lowest BCUT2D eigenvalue weighted by molar-refractivity contribution is -0.117. The van der Waals surface area contributed by atoms with Gasteiger partial charge in [-0.25, -0.2) is 8.42 Å². The second-order valence-electron chi connectivity index (χ2n) is 7.59. The quantitative estimate of drug-likeness (QED) is 0.588. The summed E-state index contributed by atoms with van der Waals surface area (Å²) in [4.78, 5) is 27.2. The predicted octanol–water partition coefficient (Wildman–Crippen LogP) is 3.75. The van der Waals surface area contributed by atoms with Gasteiger partial charge in [0.2, 0.25) is 21.8 Å². The molecule has 0 aliphatic carbocycles. The highest BCUT2D eigenvalue weighted by atomic mass is 32.2. The first-order valence-corrected chi connectivity index (χ1v) is 13.0. The Balaban J connectivity index is 1.73. The Morgan fingerprint density at radius 3 is 2.38 bits per heavy atom. The summed E-state index contributed by atoms with van der Waals surface area (Å²) in [7, 11) is -3.53. The summed E-state index contributed by atoms with van der Waals surface area (Å²) in [6, 6.07) is 12.4. The van der Waals surface area contributed by atoms with Crippen LogP contribution in [0.25, 0.3) is 0 Å². The molecule has 1 atom stereocenters. The van der Waals surface area contributed by atoms with Crippen LogP contribution in [0.5, 0.6) is 0 Å². The van der Waals surface area contributed by atoms with Crippen LogP contribution in [0.2, 0.25) is 0 Å². The summed E-state index contributed by atoms with van der Waals surface area (Å²) in [5.74, 6) is -0.145. The Morgan fingerprint density at radius 1 is 1.12 bits per heavy atom. The van der Waals surface area contributed by atoms with Crippen LogP contribution in [0.3, 0.4) is 0 Å². The molecule has 2 aromatic rings. The molecule has 172 valence electrons. The van der Waals surface area contributed by atoms with Crippen LogP contribution in [0.1, 0.15) is 33.3 Å². The first kappa shape index (κ1) is 24.3. The number of fused-ring (bicyclic) bond motifs is 1. The van der Waals surface area contributed by atoms with E-state index in [0.29, 0.717) is 31.7 Å². The smallest absolute Gasteiger partial charge is 0.243 e. The summed E-state index contributed by atoms with van der Waals surface area (Å²) in [6.45, 7) is 8.34. The number of nitrogens with one attached hydrogen (secondary N) is 1. The van der Waals surface area contributed by atoms with E-state index in [1.54, 1.807) is 23.1 Å². The molecule has 0 saturated heterocycles.